The minimum Gasteiger partial charge on any atom is -0.370 e. The van der Waals surface area contributed by atoms with Crippen LogP contribution in [-0.2, 0) is 13.6 Å². The maximum absolute atomic E-state index is 5.86. The summed E-state index contributed by atoms with van der Waals surface area (Å²) in [6.45, 7) is 6.12. The number of nitrogens with zero attached hydrogens (tertiary/aromatic N) is 4. The highest BCUT2D eigenvalue weighted by Gasteiger charge is 2.23. The lowest BCUT2D eigenvalue weighted by atomic mass is 10.1. The van der Waals surface area contributed by atoms with Crippen molar-refractivity contribution in [1.29, 1.82) is 0 Å². The second kappa shape index (κ2) is 5.79. The fourth-order valence-corrected chi connectivity index (χ4v) is 2.63. The molecule has 3 rings (SSSR count). The number of hydrogen-bond acceptors (Lipinski definition) is 4. The molecule has 0 fully saturated rings. The van der Waals surface area contributed by atoms with Gasteiger partial charge in [-0.25, -0.2) is 4.58 Å². The Morgan fingerprint density at radius 1 is 1.36 bits per heavy atom. The molecule has 0 saturated heterocycles. The van der Waals surface area contributed by atoms with Crippen LogP contribution < -0.4 is 11.1 Å². The molecule has 0 radical (unpaired) electrons. The summed E-state index contributed by atoms with van der Waals surface area (Å²) in [5.41, 5.74) is 8.39. The summed E-state index contributed by atoms with van der Waals surface area (Å²) in [6.07, 6.45) is 7.45. The molecule has 116 valence electrons. The van der Waals surface area contributed by atoms with Gasteiger partial charge in [-0.15, -0.1) is 0 Å². The Balaban J connectivity index is 1.78. The van der Waals surface area contributed by atoms with Crippen molar-refractivity contribution in [2.75, 3.05) is 17.6 Å². The second-order valence-corrected chi connectivity index (χ2v) is 6.24. The maximum atomic E-state index is 5.86. The number of rotatable bonds is 5. The largest absolute Gasteiger partial charge is 0.370 e. The van der Waals surface area contributed by atoms with Gasteiger partial charge in [-0.1, -0.05) is 13.8 Å². The number of aryl methyl sites for hydroxylation is 1. The van der Waals surface area contributed by atoms with Gasteiger partial charge in [-0.2, -0.15) is 4.98 Å². The molecule has 2 aromatic heterocycles. The monoisotopic (exact) mass is 299 g/mol. The lowest BCUT2D eigenvalue weighted by Crippen LogP contribution is -2.10. The van der Waals surface area contributed by atoms with E-state index in [9.17, 15) is 0 Å². The van der Waals surface area contributed by atoms with Crippen LogP contribution in [0, 0.1) is 5.92 Å². The average Bonchev–Trinajstić information content (AvgIpc) is 2.94. The highest BCUT2D eigenvalue weighted by molar-refractivity contribution is 5.80. The summed E-state index contributed by atoms with van der Waals surface area (Å²) in [5.74, 6) is 2.58. The van der Waals surface area contributed by atoms with Crippen molar-refractivity contribution in [1.82, 2.24) is 14.5 Å². The van der Waals surface area contributed by atoms with Crippen LogP contribution in [0.4, 0.5) is 17.6 Å². The lowest BCUT2D eigenvalue weighted by Gasteiger charge is -2.07. The molecule has 0 spiro atoms. The van der Waals surface area contributed by atoms with E-state index < -0.39 is 0 Å². The van der Waals surface area contributed by atoms with Crippen molar-refractivity contribution in [3.05, 3.63) is 29.6 Å². The zero-order valence-electron chi connectivity index (χ0n) is 13.4. The summed E-state index contributed by atoms with van der Waals surface area (Å²) in [7, 11) is 2.04. The Kier molecular flexibility index (Phi) is 3.83. The van der Waals surface area contributed by atoms with Crippen molar-refractivity contribution < 1.29 is 4.58 Å². The zero-order chi connectivity index (χ0) is 15.7. The molecular formula is C16H23N6+. The van der Waals surface area contributed by atoms with Gasteiger partial charge >= 0.3 is 11.8 Å². The summed E-state index contributed by atoms with van der Waals surface area (Å²) < 4.78 is 4.18. The van der Waals surface area contributed by atoms with Gasteiger partial charge in [-0.3, -0.25) is 0 Å². The summed E-state index contributed by atoms with van der Waals surface area (Å²) in [4.78, 5) is 8.62. The number of nitrogen functional groups attached to an aromatic ring is 1. The molecule has 0 aromatic carbocycles. The van der Waals surface area contributed by atoms with E-state index in [1.54, 1.807) is 0 Å². The van der Waals surface area contributed by atoms with Crippen molar-refractivity contribution in [3.63, 3.8) is 0 Å². The molecule has 1 aliphatic heterocycles. The third-order valence-corrected chi connectivity index (χ3v) is 3.76. The van der Waals surface area contributed by atoms with Crippen LogP contribution in [0.5, 0.6) is 0 Å². The Morgan fingerprint density at radius 3 is 2.91 bits per heavy atom. The van der Waals surface area contributed by atoms with Gasteiger partial charge in [0.2, 0.25) is 0 Å². The average molecular weight is 299 g/mol. The second-order valence-electron chi connectivity index (χ2n) is 6.24. The normalized spacial score (nSPS) is 13.4. The van der Waals surface area contributed by atoms with Crippen LogP contribution in [0.3, 0.4) is 0 Å². The third-order valence-electron chi connectivity index (χ3n) is 3.76. The van der Waals surface area contributed by atoms with Crippen LogP contribution in [0.1, 0.15) is 31.4 Å². The minimum atomic E-state index is 0.301. The van der Waals surface area contributed by atoms with Gasteiger partial charge in [0.1, 0.15) is 18.6 Å². The number of aromatic nitrogens is 3. The third kappa shape index (κ3) is 3.10. The Morgan fingerprint density at radius 2 is 2.18 bits per heavy atom. The number of nitrogens with one attached hydrogen (secondary N) is 1. The molecule has 0 atom stereocenters. The van der Waals surface area contributed by atoms with Crippen molar-refractivity contribution in [2.45, 2.75) is 26.8 Å². The summed E-state index contributed by atoms with van der Waals surface area (Å²) in [6, 6.07) is 1.96. The van der Waals surface area contributed by atoms with Crippen LogP contribution in [0.25, 0.3) is 0 Å². The molecule has 3 heterocycles. The lowest BCUT2D eigenvalue weighted by molar-refractivity contribution is -0.451. The van der Waals surface area contributed by atoms with Gasteiger partial charge in [0, 0.05) is 37.1 Å². The Labute approximate surface area is 130 Å². The highest BCUT2D eigenvalue weighted by atomic mass is 15.2. The van der Waals surface area contributed by atoms with Crippen molar-refractivity contribution >= 4 is 23.8 Å². The molecule has 0 aliphatic carbocycles. The predicted molar refractivity (Wildman–Crippen MR) is 88.6 cm³/mol. The molecule has 0 unspecified atom stereocenters. The summed E-state index contributed by atoms with van der Waals surface area (Å²) in [5, 5.41) is 3.33. The topological polar surface area (TPSA) is 71.8 Å². The number of hydrogen-bond donors (Lipinski definition) is 2. The quantitative estimate of drug-likeness (QED) is 0.830. The van der Waals surface area contributed by atoms with Crippen LogP contribution in [0.15, 0.2) is 18.5 Å². The molecule has 0 saturated carbocycles. The van der Waals surface area contributed by atoms with E-state index >= 15 is 0 Å². The van der Waals surface area contributed by atoms with Crippen LogP contribution in [0.2, 0.25) is 0 Å². The zero-order valence-corrected chi connectivity index (χ0v) is 13.4. The molecule has 6 nitrogen and oxygen atoms in total. The first kappa shape index (κ1) is 14.6. The number of nitrogens with two attached hydrogens (primary N) is 1. The fourth-order valence-electron chi connectivity index (χ4n) is 2.63. The molecule has 22 heavy (non-hydrogen) atoms. The van der Waals surface area contributed by atoms with E-state index in [1.165, 1.54) is 11.1 Å². The van der Waals surface area contributed by atoms with Crippen molar-refractivity contribution in [2.24, 2.45) is 13.0 Å². The Bertz CT molecular complexity index is 713. The number of fused-ring (bicyclic) bond motifs is 1. The van der Waals surface area contributed by atoms with E-state index in [1.807, 2.05) is 13.1 Å². The van der Waals surface area contributed by atoms with Crippen molar-refractivity contribution in [3.8, 4) is 0 Å². The smallest absolute Gasteiger partial charge is 0.338 e. The van der Waals surface area contributed by atoms with Gasteiger partial charge in [0.25, 0.3) is 0 Å². The van der Waals surface area contributed by atoms with Crippen LogP contribution >= 0.6 is 0 Å². The fraction of sp³-hybridized carbons (Fsp3) is 0.438. The highest BCUT2D eigenvalue weighted by Crippen LogP contribution is 2.23. The van der Waals surface area contributed by atoms with E-state index in [2.05, 4.69) is 56.9 Å². The molecule has 1 aliphatic rings. The molecule has 0 bridgehead atoms. The standard InChI is InChI=1S/C16H23N6/c1-11(2)4-5-18-14-6-15(20-16(17)19-14)22-9-12-7-21(3)8-13(12)10-22/h6-9,11H,4-5,10H2,1-3H3,(H3,17,18,19,20)/q+1. The van der Waals surface area contributed by atoms with Gasteiger partial charge in [0.15, 0.2) is 0 Å². The minimum absolute atomic E-state index is 0.301. The van der Waals surface area contributed by atoms with E-state index in [4.69, 9.17) is 5.73 Å². The first-order valence-electron chi connectivity index (χ1n) is 7.66. The van der Waals surface area contributed by atoms with E-state index in [-0.39, 0.29) is 0 Å². The SMILES string of the molecule is CC(C)CCNc1cc([N+]2=Cc3cn(C)cc3C2)nc(N)n1. The molecule has 2 aromatic rings. The van der Waals surface area contributed by atoms with E-state index in [0.29, 0.717) is 11.9 Å². The van der Waals surface area contributed by atoms with E-state index in [0.717, 1.165) is 31.1 Å². The van der Waals surface area contributed by atoms with Gasteiger partial charge in [-0.05, 0) is 17.3 Å². The Hall–Kier alpha value is -2.37. The van der Waals surface area contributed by atoms with Crippen LogP contribution in [-0.4, -0.2) is 31.9 Å². The molecule has 0 amide bonds. The molecule has 3 N–H and O–H groups in total. The molecule has 6 heteroatoms. The predicted octanol–water partition coefficient (Wildman–Crippen LogP) is 2.13. The van der Waals surface area contributed by atoms with Gasteiger partial charge in [0.05, 0.1) is 6.07 Å². The maximum Gasteiger partial charge on any atom is 0.338 e. The first-order valence-corrected chi connectivity index (χ1v) is 7.66. The molecular weight excluding hydrogens is 276 g/mol. The first-order chi connectivity index (χ1) is 10.5. The number of anilines is 2. The van der Waals surface area contributed by atoms with Gasteiger partial charge < -0.3 is 15.6 Å². The summed E-state index contributed by atoms with van der Waals surface area (Å²) >= 11 is 0.